The average Bonchev–Trinajstić information content (AvgIpc) is 2.97. The fourth-order valence-corrected chi connectivity index (χ4v) is 3.70. The van der Waals surface area contributed by atoms with Crippen molar-refractivity contribution in [3.8, 4) is 0 Å². The van der Waals surface area contributed by atoms with Crippen molar-refractivity contribution in [1.82, 2.24) is 4.90 Å². The van der Waals surface area contributed by atoms with Crippen molar-refractivity contribution >= 4 is 51.3 Å². The van der Waals surface area contributed by atoms with Gasteiger partial charge in [-0.3, -0.25) is 9.59 Å². The van der Waals surface area contributed by atoms with Gasteiger partial charge in [0.1, 0.15) is 0 Å². The van der Waals surface area contributed by atoms with Crippen LogP contribution in [-0.4, -0.2) is 43.4 Å². The van der Waals surface area contributed by atoms with Crippen molar-refractivity contribution in [2.75, 3.05) is 36.4 Å². The summed E-state index contributed by atoms with van der Waals surface area (Å²) in [6, 6.07) is 14.0. The second-order valence-electron chi connectivity index (χ2n) is 6.42. The molecule has 2 heterocycles. The van der Waals surface area contributed by atoms with Crippen LogP contribution in [-0.2, 0) is 9.59 Å². The summed E-state index contributed by atoms with van der Waals surface area (Å²) in [4.78, 5) is 27.2. The Labute approximate surface area is 160 Å². The molecule has 132 valence electrons. The summed E-state index contributed by atoms with van der Waals surface area (Å²) in [5.74, 6) is -0.0767. The van der Waals surface area contributed by atoms with E-state index < -0.39 is 0 Å². The number of hydrogen-bond acceptors (Lipinski definition) is 3. The van der Waals surface area contributed by atoms with Crippen LogP contribution in [0.2, 0.25) is 0 Å². The lowest BCUT2D eigenvalue weighted by Gasteiger charge is -2.34. The largest absolute Gasteiger partial charge is 0.368 e. The Balaban J connectivity index is 1.55. The van der Waals surface area contributed by atoms with Crippen LogP contribution in [0.25, 0.3) is 11.6 Å². The summed E-state index contributed by atoms with van der Waals surface area (Å²) >= 11 is 3.46. The zero-order chi connectivity index (χ0) is 18.1. The standard InChI is InChI=1S/C20H18BrN3O2/c21-15-3-6-19-17(12-15)18(20(26)22-19)11-14-1-4-16(5-2-14)24-9-7-23(13-25)8-10-24/h1-6,11-13H,7-10H2,(H,22,26)/b18-11+. The van der Waals surface area contributed by atoms with Crippen LogP contribution in [0, 0.1) is 0 Å². The maximum atomic E-state index is 12.3. The quantitative estimate of drug-likeness (QED) is 0.622. The molecule has 0 saturated carbocycles. The number of carbonyl (C=O) groups is 2. The molecule has 0 atom stereocenters. The molecule has 2 aromatic rings. The predicted octanol–water partition coefficient (Wildman–Crippen LogP) is 3.22. The van der Waals surface area contributed by atoms with E-state index in [1.165, 1.54) is 0 Å². The highest BCUT2D eigenvalue weighted by Gasteiger charge is 2.24. The predicted molar refractivity (Wildman–Crippen MR) is 107 cm³/mol. The number of nitrogens with one attached hydrogen (secondary N) is 1. The highest BCUT2D eigenvalue weighted by atomic mass is 79.9. The fraction of sp³-hybridized carbons (Fsp3) is 0.200. The van der Waals surface area contributed by atoms with E-state index in [0.29, 0.717) is 5.57 Å². The lowest BCUT2D eigenvalue weighted by molar-refractivity contribution is -0.118. The Morgan fingerprint density at radius 1 is 1.00 bits per heavy atom. The van der Waals surface area contributed by atoms with Crippen LogP contribution >= 0.6 is 15.9 Å². The molecule has 0 aliphatic carbocycles. The van der Waals surface area contributed by atoms with E-state index >= 15 is 0 Å². The maximum absolute atomic E-state index is 12.3. The van der Waals surface area contributed by atoms with Crippen molar-refractivity contribution in [2.45, 2.75) is 0 Å². The lowest BCUT2D eigenvalue weighted by atomic mass is 10.0. The van der Waals surface area contributed by atoms with Crippen LogP contribution in [0.3, 0.4) is 0 Å². The number of amides is 2. The molecule has 2 amide bonds. The Hall–Kier alpha value is -2.60. The van der Waals surface area contributed by atoms with Crippen LogP contribution in [0.1, 0.15) is 11.1 Å². The first-order valence-electron chi connectivity index (χ1n) is 8.51. The van der Waals surface area contributed by atoms with Crippen LogP contribution in [0.5, 0.6) is 0 Å². The van der Waals surface area contributed by atoms with Gasteiger partial charge in [0.05, 0.1) is 0 Å². The topological polar surface area (TPSA) is 52.7 Å². The van der Waals surface area contributed by atoms with Crippen molar-refractivity contribution in [3.05, 3.63) is 58.1 Å². The van der Waals surface area contributed by atoms with Crippen LogP contribution in [0.4, 0.5) is 11.4 Å². The van der Waals surface area contributed by atoms with E-state index in [4.69, 9.17) is 0 Å². The lowest BCUT2D eigenvalue weighted by Crippen LogP contribution is -2.45. The molecular weight excluding hydrogens is 394 g/mol. The van der Waals surface area contributed by atoms with E-state index in [9.17, 15) is 9.59 Å². The molecule has 2 aromatic carbocycles. The maximum Gasteiger partial charge on any atom is 0.256 e. The molecular formula is C20H18BrN3O2. The van der Waals surface area contributed by atoms with Crippen LogP contribution < -0.4 is 10.2 Å². The van der Waals surface area contributed by atoms with Gasteiger partial charge in [0.2, 0.25) is 6.41 Å². The number of piperazine rings is 1. The monoisotopic (exact) mass is 411 g/mol. The molecule has 0 bridgehead atoms. The van der Waals surface area contributed by atoms with Gasteiger partial charge in [-0.1, -0.05) is 28.1 Å². The van der Waals surface area contributed by atoms with Gasteiger partial charge in [0.25, 0.3) is 5.91 Å². The van der Waals surface area contributed by atoms with Crippen molar-refractivity contribution < 1.29 is 9.59 Å². The number of fused-ring (bicyclic) bond motifs is 1. The van der Waals surface area contributed by atoms with Gasteiger partial charge in [0, 0.05) is 53.2 Å². The second kappa shape index (κ2) is 6.96. The Bertz CT molecular complexity index is 884. The number of hydrogen-bond donors (Lipinski definition) is 1. The Morgan fingerprint density at radius 3 is 2.42 bits per heavy atom. The minimum atomic E-state index is -0.0767. The Kier molecular flexibility index (Phi) is 4.51. The number of carbonyl (C=O) groups excluding carboxylic acids is 2. The first-order chi connectivity index (χ1) is 12.6. The third-order valence-electron chi connectivity index (χ3n) is 4.80. The smallest absolute Gasteiger partial charge is 0.256 e. The summed E-state index contributed by atoms with van der Waals surface area (Å²) in [5.41, 5.74) is 4.55. The zero-order valence-electron chi connectivity index (χ0n) is 14.1. The molecule has 2 aliphatic heterocycles. The molecule has 26 heavy (non-hydrogen) atoms. The second-order valence-corrected chi connectivity index (χ2v) is 7.34. The zero-order valence-corrected chi connectivity index (χ0v) is 15.7. The summed E-state index contributed by atoms with van der Waals surface area (Å²) in [5, 5.41) is 2.90. The molecule has 5 nitrogen and oxygen atoms in total. The summed E-state index contributed by atoms with van der Waals surface area (Å²) in [6.45, 7) is 3.17. The average molecular weight is 412 g/mol. The molecule has 4 rings (SSSR count). The molecule has 1 fully saturated rings. The van der Waals surface area contributed by atoms with Gasteiger partial charge in [-0.05, 0) is 42.0 Å². The van der Waals surface area contributed by atoms with Gasteiger partial charge >= 0.3 is 0 Å². The van der Waals surface area contributed by atoms with Crippen molar-refractivity contribution in [1.29, 1.82) is 0 Å². The van der Waals surface area contributed by atoms with Crippen molar-refractivity contribution in [3.63, 3.8) is 0 Å². The fourth-order valence-electron chi connectivity index (χ4n) is 3.34. The minimum Gasteiger partial charge on any atom is -0.368 e. The van der Waals surface area contributed by atoms with Gasteiger partial charge < -0.3 is 15.1 Å². The van der Waals surface area contributed by atoms with Gasteiger partial charge in [-0.15, -0.1) is 0 Å². The molecule has 0 radical (unpaired) electrons. The number of halogens is 1. The first kappa shape index (κ1) is 16.8. The third-order valence-corrected chi connectivity index (χ3v) is 5.29. The number of rotatable bonds is 3. The highest BCUT2D eigenvalue weighted by molar-refractivity contribution is 9.10. The van der Waals surface area contributed by atoms with E-state index in [-0.39, 0.29) is 5.91 Å². The van der Waals surface area contributed by atoms with E-state index in [1.54, 1.807) is 4.90 Å². The minimum absolute atomic E-state index is 0.0767. The molecule has 0 unspecified atom stereocenters. The summed E-state index contributed by atoms with van der Waals surface area (Å²) in [6.07, 6.45) is 2.83. The molecule has 0 spiro atoms. The van der Waals surface area contributed by atoms with Crippen LogP contribution in [0.15, 0.2) is 46.9 Å². The van der Waals surface area contributed by atoms with E-state index in [2.05, 4.69) is 38.3 Å². The SMILES string of the molecule is O=CN1CCN(c2ccc(/C=C3/C(=O)Nc4ccc(Br)cc43)cc2)CC1. The number of nitrogens with zero attached hydrogens (tertiary/aromatic N) is 2. The number of benzene rings is 2. The van der Waals surface area contributed by atoms with E-state index in [0.717, 1.165) is 59.6 Å². The van der Waals surface area contributed by atoms with E-state index in [1.807, 2.05) is 36.4 Å². The molecule has 6 heteroatoms. The van der Waals surface area contributed by atoms with Gasteiger partial charge in [0.15, 0.2) is 0 Å². The molecule has 1 saturated heterocycles. The van der Waals surface area contributed by atoms with Crippen molar-refractivity contribution in [2.24, 2.45) is 0 Å². The van der Waals surface area contributed by atoms with Gasteiger partial charge in [-0.25, -0.2) is 0 Å². The van der Waals surface area contributed by atoms with Gasteiger partial charge in [-0.2, -0.15) is 0 Å². The molecule has 0 aromatic heterocycles. The normalized spacial score (nSPS) is 18.0. The summed E-state index contributed by atoms with van der Waals surface area (Å²) in [7, 11) is 0. The third kappa shape index (κ3) is 3.24. The molecule has 2 aliphatic rings. The number of anilines is 2. The molecule has 1 N–H and O–H groups in total. The Morgan fingerprint density at radius 2 is 1.73 bits per heavy atom. The first-order valence-corrected chi connectivity index (χ1v) is 9.31. The summed E-state index contributed by atoms with van der Waals surface area (Å²) < 4.78 is 0.948. The highest BCUT2D eigenvalue weighted by Crippen LogP contribution is 2.35.